The molecule has 1 N–H and O–H groups in total. The Labute approximate surface area is 221 Å². The molecule has 0 bridgehead atoms. The molecular weight excluding hydrogens is 474 g/mol. The first-order valence-corrected chi connectivity index (χ1v) is 12.5. The topological polar surface area (TPSA) is 72.3 Å². The molecule has 2 heterocycles. The van der Waals surface area contributed by atoms with Crippen molar-refractivity contribution in [2.45, 2.75) is 52.9 Å². The van der Waals surface area contributed by atoms with Crippen LogP contribution in [0.4, 0.5) is 11.5 Å². The predicted octanol–water partition coefficient (Wildman–Crippen LogP) is 6.11. The zero-order chi connectivity index (χ0) is 27.3. The van der Waals surface area contributed by atoms with Gasteiger partial charge in [-0.05, 0) is 55.9 Å². The summed E-state index contributed by atoms with van der Waals surface area (Å²) in [6, 6.07) is 14.5. The van der Waals surface area contributed by atoms with E-state index < -0.39 is 0 Å². The molecule has 8 heteroatoms. The first-order valence-electron chi connectivity index (χ1n) is 12.1. The molecule has 0 amide bonds. The number of ether oxygens (including phenoxy) is 1. The molecule has 0 fully saturated rings. The Balaban J connectivity index is 0.000000343. The van der Waals surface area contributed by atoms with E-state index in [1.54, 1.807) is 14.2 Å². The molecule has 3 aromatic rings. The number of aromatic nitrogens is 3. The van der Waals surface area contributed by atoms with Gasteiger partial charge in [-0.2, -0.15) is 0 Å². The molecule has 7 nitrogen and oxygen atoms in total. The van der Waals surface area contributed by atoms with Gasteiger partial charge in [-0.25, -0.2) is 4.68 Å². The lowest BCUT2D eigenvalue weighted by atomic mass is 9.87. The van der Waals surface area contributed by atoms with Crippen LogP contribution in [-0.4, -0.2) is 56.1 Å². The van der Waals surface area contributed by atoms with Gasteiger partial charge in [0, 0.05) is 39.4 Å². The fourth-order valence-corrected chi connectivity index (χ4v) is 3.91. The second-order valence-electron chi connectivity index (χ2n) is 9.39. The van der Waals surface area contributed by atoms with Crippen LogP contribution in [0.1, 0.15) is 50.9 Å². The molecule has 0 saturated heterocycles. The monoisotopic (exact) mass is 515 g/mol. The van der Waals surface area contributed by atoms with Crippen molar-refractivity contribution in [1.29, 1.82) is 0 Å². The molecule has 36 heavy (non-hydrogen) atoms. The van der Waals surface area contributed by atoms with Crippen molar-refractivity contribution >= 4 is 29.9 Å². The number of anilines is 2. The molecule has 0 saturated carbocycles. The summed E-state index contributed by atoms with van der Waals surface area (Å²) in [7, 11) is 5.15. The van der Waals surface area contributed by atoms with E-state index in [-0.39, 0.29) is 5.41 Å². The zero-order valence-corrected chi connectivity index (χ0v) is 23.8. The smallest absolute Gasteiger partial charge is 0.174 e. The number of rotatable bonds is 3. The van der Waals surface area contributed by atoms with E-state index in [2.05, 4.69) is 84.1 Å². The number of carbonyl (C=O) groups is 1. The Hall–Kier alpha value is -2.90. The van der Waals surface area contributed by atoms with E-state index in [1.165, 1.54) is 11.1 Å². The van der Waals surface area contributed by atoms with Gasteiger partial charge >= 0.3 is 0 Å². The standard InChI is InChI=1S/C14H18ClN5.C11H16.C2H6O.CH2O/c1-3-19-8-4-5-12-14(19)17-18-20(12)13-9-10(15)6-7-11(13)16-2;1-9-5-7-10(8-6-9)11(2,3)4;1-3-2;1-2/h6-7,9,16H,3-5,8H2,1-2H3;5-8H,1-4H3;1-2H3;1H2. The van der Waals surface area contributed by atoms with Gasteiger partial charge in [-0.1, -0.05) is 67.4 Å². The summed E-state index contributed by atoms with van der Waals surface area (Å²) < 4.78 is 6.16. The molecule has 198 valence electrons. The second-order valence-corrected chi connectivity index (χ2v) is 9.83. The summed E-state index contributed by atoms with van der Waals surface area (Å²) in [6.07, 6.45) is 2.12. The Bertz CT molecular complexity index is 1050. The van der Waals surface area contributed by atoms with Crippen molar-refractivity contribution in [3.8, 4) is 5.69 Å². The number of nitrogens with one attached hydrogen (secondary N) is 1. The Morgan fingerprint density at radius 3 is 2.25 bits per heavy atom. The number of aryl methyl sites for hydroxylation is 1. The van der Waals surface area contributed by atoms with Crippen LogP contribution in [-0.2, 0) is 21.4 Å². The van der Waals surface area contributed by atoms with Crippen molar-refractivity contribution in [1.82, 2.24) is 15.0 Å². The number of hydrogen-bond acceptors (Lipinski definition) is 6. The van der Waals surface area contributed by atoms with Crippen LogP contribution in [0.25, 0.3) is 5.69 Å². The van der Waals surface area contributed by atoms with Crippen LogP contribution >= 0.6 is 11.6 Å². The Morgan fingerprint density at radius 2 is 1.72 bits per heavy atom. The molecule has 0 radical (unpaired) electrons. The maximum Gasteiger partial charge on any atom is 0.174 e. The van der Waals surface area contributed by atoms with E-state index in [9.17, 15) is 0 Å². The summed E-state index contributed by atoms with van der Waals surface area (Å²) in [5.74, 6) is 1.00. The highest BCUT2D eigenvalue weighted by Gasteiger charge is 2.23. The van der Waals surface area contributed by atoms with Gasteiger partial charge in [0.1, 0.15) is 6.79 Å². The van der Waals surface area contributed by atoms with E-state index in [0.29, 0.717) is 5.02 Å². The summed E-state index contributed by atoms with van der Waals surface area (Å²) in [4.78, 5) is 10.3. The maximum absolute atomic E-state index is 8.00. The van der Waals surface area contributed by atoms with E-state index in [1.807, 2.05) is 36.7 Å². The fourth-order valence-electron chi connectivity index (χ4n) is 3.75. The minimum Gasteiger partial charge on any atom is -0.388 e. The van der Waals surface area contributed by atoms with E-state index in [4.69, 9.17) is 16.4 Å². The number of carbonyl (C=O) groups excluding carboxylic acids is 1. The van der Waals surface area contributed by atoms with Crippen LogP contribution < -0.4 is 10.2 Å². The third kappa shape index (κ3) is 8.64. The van der Waals surface area contributed by atoms with E-state index in [0.717, 1.165) is 48.8 Å². The molecule has 4 rings (SSSR count). The SMILES string of the molecule is C=O.CCN1CCCc2c1nnn2-c1cc(Cl)ccc1NC.COC.Cc1ccc(C(C)(C)C)cc1. The Kier molecular flexibility index (Phi) is 13.2. The quantitative estimate of drug-likeness (QED) is 0.454. The Morgan fingerprint density at radius 1 is 1.11 bits per heavy atom. The van der Waals surface area contributed by atoms with Crippen LogP contribution in [0.3, 0.4) is 0 Å². The van der Waals surface area contributed by atoms with Gasteiger partial charge < -0.3 is 19.7 Å². The minimum atomic E-state index is 0.285. The summed E-state index contributed by atoms with van der Waals surface area (Å²) >= 11 is 6.13. The third-order valence-electron chi connectivity index (χ3n) is 5.64. The molecule has 2 aromatic carbocycles. The molecular formula is C28H42ClN5O2. The first kappa shape index (κ1) is 31.1. The lowest BCUT2D eigenvalue weighted by Gasteiger charge is -2.26. The number of benzene rings is 2. The van der Waals surface area contributed by atoms with Crippen LogP contribution in [0, 0.1) is 6.92 Å². The third-order valence-corrected chi connectivity index (χ3v) is 5.88. The summed E-state index contributed by atoms with van der Waals surface area (Å²) in [5, 5.41) is 12.6. The van der Waals surface area contributed by atoms with Crippen molar-refractivity contribution < 1.29 is 9.53 Å². The van der Waals surface area contributed by atoms with Crippen molar-refractivity contribution in [3.63, 3.8) is 0 Å². The van der Waals surface area contributed by atoms with Gasteiger partial charge in [0.05, 0.1) is 17.1 Å². The first-order chi connectivity index (χ1) is 17.2. The van der Waals surface area contributed by atoms with Crippen LogP contribution in [0.5, 0.6) is 0 Å². The van der Waals surface area contributed by atoms with Gasteiger partial charge in [-0.3, -0.25) is 0 Å². The number of fused-ring (bicyclic) bond motifs is 1. The van der Waals surface area contributed by atoms with Gasteiger partial charge in [-0.15, -0.1) is 5.10 Å². The molecule has 0 spiro atoms. The number of halogens is 1. The van der Waals surface area contributed by atoms with Crippen molar-refractivity contribution in [3.05, 3.63) is 64.3 Å². The molecule has 1 aliphatic rings. The van der Waals surface area contributed by atoms with Gasteiger partial charge in [0.2, 0.25) is 0 Å². The van der Waals surface area contributed by atoms with Crippen molar-refractivity contribution in [2.75, 3.05) is 44.6 Å². The zero-order valence-electron chi connectivity index (χ0n) is 23.1. The van der Waals surface area contributed by atoms with Gasteiger partial charge in [0.25, 0.3) is 0 Å². The van der Waals surface area contributed by atoms with Crippen molar-refractivity contribution in [2.24, 2.45) is 0 Å². The van der Waals surface area contributed by atoms with Gasteiger partial charge in [0.15, 0.2) is 5.82 Å². The molecule has 1 aromatic heterocycles. The average Bonchev–Trinajstić information content (AvgIpc) is 3.30. The average molecular weight is 516 g/mol. The van der Waals surface area contributed by atoms with Crippen LogP contribution in [0.15, 0.2) is 42.5 Å². The normalized spacial score (nSPS) is 12.1. The molecule has 0 aliphatic carbocycles. The largest absolute Gasteiger partial charge is 0.388 e. The molecule has 1 aliphatic heterocycles. The lowest BCUT2D eigenvalue weighted by Crippen LogP contribution is -2.29. The summed E-state index contributed by atoms with van der Waals surface area (Å²) in [5.41, 5.74) is 6.13. The number of methoxy groups -OCH3 is 1. The lowest BCUT2D eigenvalue weighted by molar-refractivity contribution is -0.0979. The van der Waals surface area contributed by atoms with Crippen LogP contribution in [0.2, 0.25) is 5.02 Å². The highest BCUT2D eigenvalue weighted by Crippen LogP contribution is 2.30. The summed E-state index contributed by atoms with van der Waals surface area (Å²) in [6.45, 7) is 15.0. The fraction of sp³-hybridized carbons (Fsp3) is 0.464. The molecule has 0 atom stereocenters. The second kappa shape index (κ2) is 15.3. The minimum absolute atomic E-state index is 0.285. The predicted molar refractivity (Wildman–Crippen MR) is 152 cm³/mol. The number of nitrogens with zero attached hydrogens (tertiary/aromatic N) is 4. The maximum atomic E-state index is 8.00. The number of hydrogen-bond donors (Lipinski definition) is 1. The molecule has 0 unspecified atom stereocenters. The van der Waals surface area contributed by atoms with E-state index >= 15 is 0 Å². The highest BCUT2D eigenvalue weighted by atomic mass is 35.5. The highest BCUT2D eigenvalue weighted by molar-refractivity contribution is 6.30.